The molecule has 0 fully saturated rings. The van der Waals surface area contributed by atoms with Gasteiger partial charge in [0, 0.05) is 12.1 Å². The van der Waals surface area contributed by atoms with Crippen LogP contribution < -0.4 is 10.1 Å². The lowest BCUT2D eigenvalue weighted by Crippen LogP contribution is -2.13. The molecule has 0 aliphatic heterocycles. The third kappa shape index (κ3) is 2.94. The molecule has 0 unspecified atom stereocenters. The van der Waals surface area contributed by atoms with Gasteiger partial charge in [0.25, 0.3) is 0 Å². The van der Waals surface area contributed by atoms with Gasteiger partial charge >= 0.3 is 0 Å². The van der Waals surface area contributed by atoms with Gasteiger partial charge in [0.05, 0.1) is 24.1 Å². The van der Waals surface area contributed by atoms with E-state index in [9.17, 15) is 9.18 Å². The van der Waals surface area contributed by atoms with Crippen LogP contribution in [0.1, 0.15) is 28.9 Å². The summed E-state index contributed by atoms with van der Waals surface area (Å²) < 4.78 is 20.2. The maximum atomic E-state index is 13.3. The lowest BCUT2D eigenvalue weighted by molar-refractivity contribution is 0.0973. The Labute approximate surface area is 150 Å². The van der Waals surface area contributed by atoms with Crippen LogP contribution in [0.2, 0.25) is 0 Å². The minimum Gasteiger partial charge on any atom is -0.497 e. The van der Waals surface area contributed by atoms with Gasteiger partial charge in [-0.25, -0.2) is 9.07 Å². The number of hydrogen-bond acceptors (Lipinski definition) is 4. The third-order valence-corrected chi connectivity index (χ3v) is 4.50. The fourth-order valence-corrected chi connectivity index (χ4v) is 3.21. The average Bonchev–Trinajstić information content (AvgIpc) is 3.03. The average molecular weight is 351 g/mol. The third-order valence-electron chi connectivity index (χ3n) is 4.50. The van der Waals surface area contributed by atoms with Gasteiger partial charge in [-0.3, -0.25) is 4.79 Å². The summed E-state index contributed by atoms with van der Waals surface area (Å²) in [6.45, 7) is 0. The fourth-order valence-electron chi connectivity index (χ4n) is 3.21. The highest BCUT2D eigenvalue weighted by Gasteiger charge is 2.27. The summed E-state index contributed by atoms with van der Waals surface area (Å²) >= 11 is 0. The summed E-state index contributed by atoms with van der Waals surface area (Å²) in [5.74, 6) is 1.06. The number of anilines is 2. The van der Waals surface area contributed by atoms with Gasteiger partial charge < -0.3 is 10.1 Å². The summed E-state index contributed by atoms with van der Waals surface area (Å²) in [5, 5.41) is 7.84. The molecule has 1 aliphatic rings. The molecule has 3 aromatic rings. The van der Waals surface area contributed by atoms with Crippen molar-refractivity contribution in [2.24, 2.45) is 0 Å². The summed E-state index contributed by atoms with van der Waals surface area (Å²) in [4.78, 5) is 12.5. The molecular weight excluding hydrogens is 333 g/mol. The molecular formula is C20H18FN3O2. The molecule has 1 aromatic heterocycles. The zero-order chi connectivity index (χ0) is 18.1. The van der Waals surface area contributed by atoms with Crippen molar-refractivity contribution >= 4 is 17.3 Å². The van der Waals surface area contributed by atoms with Crippen molar-refractivity contribution in [3.05, 3.63) is 65.6 Å². The molecule has 132 valence electrons. The molecule has 0 saturated heterocycles. The summed E-state index contributed by atoms with van der Waals surface area (Å²) in [6.07, 6.45) is 2.07. The number of carbonyl (C=O) groups is 1. The van der Waals surface area contributed by atoms with Gasteiger partial charge in [0.1, 0.15) is 11.6 Å². The van der Waals surface area contributed by atoms with Crippen LogP contribution in [0.5, 0.6) is 5.75 Å². The monoisotopic (exact) mass is 351 g/mol. The van der Waals surface area contributed by atoms with E-state index in [0.717, 1.165) is 35.7 Å². The number of halogens is 1. The zero-order valence-electron chi connectivity index (χ0n) is 14.3. The normalized spacial score (nSPS) is 13.4. The number of methoxy groups -OCH3 is 1. The lowest BCUT2D eigenvalue weighted by Gasteiger charge is -2.13. The van der Waals surface area contributed by atoms with Crippen LogP contribution in [-0.2, 0) is 6.42 Å². The van der Waals surface area contributed by atoms with Crippen molar-refractivity contribution in [2.75, 3.05) is 12.4 Å². The second-order valence-electron chi connectivity index (χ2n) is 6.19. The van der Waals surface area contributed by atoms with Crippen LogP contribution in [0.3, 0.4) is 0 Å². The van der Waals surface area contributed by atoms with Crippen LogP contribution in [0.25, 0.3) is 5.69 Å². The molecule has 1 heterocycles. The second-order valence-corrected chi connectivity index (χ2v) is 6.19. The number of fused-ring (bicyclic) bond motifs is 1. The van der Waals surface area contributed by atoms with Crippen LogP contribution in [0.15, 0.2) is 48.5 Å². The Balaban J connectivity index is 1.76. The van der Waals surface area contributed by atoms with E-state index in [4.69, 9.17) is 4.74 Å². The summed E-state index contributed by atoms with van der Waals surface area (Å²) in [7, 11) is 1.61. The summed E-state index contributed by atoms with van der Waals surface area (Å²) in [5.41, 5.74) is 3.04. The Bertz CT molecular complexity index is 946. The van der Waals surface area contributed by atoms with Crippen molar-refractivity contribution in [2.45, 2.75) is 19.3 Å². The van der Waals surface area contributed by atoms with Crippen molar-refractivity contribution in [1.29, 1.82) is 0 Å². The molecule has 1 aliphatic carbocycles. The maximum absolute atomic E-state index is 13.3. The summed E-state index contributed by atoms with van der Waals surface area (Å²) in [6, 6.07) is 13.5. The van der Waals surface area contributed by atoms with Gasteiger partial charge in [-0.15, -0.1) is 5.10 Å². The molecule has 0 bridgehead atoms. The van der Waals surface area contributed by atoms with Crippen molar-refractivity contribution in [1.82, 2.24) is 9.78 Å². The Hall–Kier alpha value is -3.15. The molecule has 1 N–H and O–H groups in total. The minimum absolute atomic E-state index is 0.0793. The number of hydrogen-bond donors (Lipinski definition) is 1. The van der Waals surface area contributed by atoms with E-state index >= 15 is 0 Å². The minimum atomic E-state index is -0.303. The highest BCUT2D eigenvalue weighted by molar-refractivity contribution is 6.03. The van der Waals surface area contributed by atoms with Crippen LogP contribution in [0.4, 0.5) is 15.9 Å². The Morgan fingerprint density at radius 1 is 1.08 bits per heavy atom. The quantitative estimate of drug-likeness (QED) is 0.762. The first-order valence-corrected chi connectivity index (χ1v) is 8.48. The number of Topliss-reactive ketones (excluding diaryl/α,β-unsaturated/α-hetero) is 1. The standard InChI is InChI=1S/C20H18FN3O2/c1-26-16-11-7-14(8-12-16)22-20-19-17(3-2-4-18(19)25)24(23-20)15-9-5-13(21)6-10-15/h5-12H,2-4H2,1H3,(H,22,23). The largest absolute Gasteiger partial charge is 0.497 e. The van der Waals surface area contributed by atoms with Gasteiger partial charge in [0.15, 0.2) is 11.6 Å². The van der Waals surface area contributed by atoms with E-state index in [0.29, 0.717) is 17.8 Å². The molecule has 0 saturated carbocycles. The van der Waals surface area contributed by atoms with E-state index in [1.807, 2.05) is 24.3 Å². The van der Waals surface area contributed by atoms with Crippen LogP contribution in [-0.4, -0.2) is 22.7 Å². The molecule has 0 radical (unpaired) electrons. The van der Waals surface area contributed by atoms with Gasteiger partial charge in [-0.2, -0.15) is 0 Å². The molecule has 2 aromatic carbocycles. The predicted molar refractivity (Wildman–Crippen MR) is 97.1 cm³/mol. The Morgan fingerprint density at radius 3 is 2.50 bits per heavy atom. The molecule has 0 amide bonds. The van der Waals surface area contributed by atoms with Crippen molar-refractivity contribution in [3.63, 3.8) is 0 Å². The van der Waals surface area contributed by atoms with Crippen molar-refractivity contribution < 1.29 is 13.9 Å². The number of aromatic nitrogens is 2. The molecule has 26 heavy (non-hydrogen) atoms. The fraction of sp³-hybridized carbons (Fsp3) is 0.200. The number of ketones is 1. The number of carbonyl (C=O) groups excluding carboxylic acids is 1. The van der Waals surface area contributed by atoms with Gasteiger partial charge in [-0.05, 0) is 61.4 Å². The Kier molecular flexibility index (Phi) is 4.16. The highest BCUT2D eigenvalue weighted by atomic mass is 19.1. The van der Waals surface area contributed by atoms with Crippen LogP contribution in [0, 0.1) is 5.82 Å². The first-order valence-electron chi connectivity index (χ1n) is 8.48. The van der Waals surface area contributed by atoms with Crippen molar-refractivity contribution in [3.8, 4) is 11.4 Å². The molecule has 0 spiro atoms. The number of nitrogens with zero attached hydrogens (tertiary/aromatic N) is 2. The molecule has 4 rings (SSSR count). The van der Waals surface area contributed by atoms with E-state index < -0.39 is 0 Å². The molecule has 0 atom stereocenters. The number of benzene rings is 2. The van der Waals surface area contributed by atoms with Gasteiger partial charge in [0.2, 0.25) is 0 Å². The zero-order valence-corrected chi connectivity index (χ0v) is 14.3. The Morgan fingerprint density at radius 2 is 1.81 bits per heavy atom. The number of rotatable bonds is 4. The lowest BCUT2D eigenvalue weighted by atomic mass is 9.95. The van der Waals surface area contributed by atoms with E-state index in [1.54, 1.807) is 23.9 Å². The van der Waals surface area contributed by atoms with Gasteiger partial charge in [-0.1, -0.05) is 0 Å². The number of ether oxygens (including phenoxy) is 1. The van der Waals surface area contributed by atoms with Crippen LogP contribution >= 0.6 is 0 Å². The highest BCUT2D eigenvalue weighted by Crippen LogP contribution is 2.32. The number of nitrogens with one attached hydrogen (secondary N) is 1. The molecule has 6 heteroatoms. The predicted octanol–water partition coefficient (Wildman–Crippen LogP) is 4.28. The SMILES string of the molecule is COc1ccc(Nc2nn(-c3ccc(F)cc3)c3c2C(=O)CCC3)cc1. The second kappa shape index (κ2) is 6.63. The van der Waals surface area contributed by atoms with E-state index in [1.165, 1.54) is 12.1 Å². The molecule has 5 nitrogen and oxygen atoms in total. The smallest absolute Gasteiger partial charge is 0.168 e. The first-order chi connectivity index (χ1) is 12.7. The first kappa shape index (κ1) is 16.3. The van der Waals surface area contributed by atoms with E-state index in [-0.39, 0.29) is 11.6 Å². The topological polar surface area (TPSA) is 56.1 Å². The van der Waals surface area contributed by atoms with E-state index in [2.05, 4.69) is 10.4 Å². The maximum Gasteiger partial charge on any atom is 0.168 e.